The maximum absolute atomic E-state index is 12.1. The second-order valence-corrected chi connectivity index (χ2v) is 4.80. The number of amides is 1. The molecule has 1 heterocycles. The molecule has 1 saturated heterocycles. The lowest BCUT2D eigenvalue weighted by atomic mass is 10.1. The maximum atomic E-state index is 12.1. The number of rotatable bonds is 5. The number of nitrogens with zero attached hydrogens (tertiary/aromatic N) is 4. The Labute approximate surface area is 124 Å². The standard InChI is InChI=1S/C13H12N4O5/c14-16-15-5-7-4-10(18)17(6-7)11-8(12(19)20)2-1-3-9(11)13(21)22/h1-3,7H,4-6H2,(H,19,20)(H,21,22). The van der Waals surface area contributed by atoms with E-state index in [9.17, 15) is 24.6 Å². The Balaban J connectivity index is 2.47. The molecule has 1 atom stereocenters. The van der Waals surface area contributed by atoms with Gasteiger partial charge in [-0.1, -0.05) is 11.2 Å². The van der Waals surface area contributed by atoms with Gasteiger partial charge in [0.1, 0.15) is 0 Å². The highest BCUT2D eigenvalue weighted by Crippen LogP contribution is 2.32. The molecule has 0 spiro atoms. The number of carboxylic acids is 2. The average Bonchev–Trinajstić information content (AvgIpc) is 2.84. The van der Waals surface area contributed by atoms with Crippen LogP contribution in [0.4, 0.5) is 5.69 Å². The molecule has 0 saturated carbocycles. The van der Waals surface area contributed by atoms with Crippen molar-refractivity contribution in [2.45, 2.75) is 6.42 Å². The highest BCUT2D eigenvalue weighted by atomic mass is 16.4. The minimum Gasteiger partial charge on any atom is -0.478 e. The Morgan fingerprint density at radius 1 is 1.32 bits per heavy atom. The first kappa shape index (κ1) is 15.3. The number of hydrogen-bond donors (Lipinski definition) is 2. The van der Waals surface area contributed by atoms with Gasteiger partial charge in [0, 0.05) is 24.4 Å². The van der Waals surface area contributed by atoms with E-state index in [1.165, 1.54) is 18.2 Å². The molecule has 2 N–H and O–H groups in total. The van der Waals surface area contributed by atoms with Crippen molar-refractivity contribution in [3.63, 3.8) is 0 Å². The van der Waals surface area contributed by atoms with Crippen molar-refractivity contribution in [3.8, 4) is 0 Å². The fraction of sp³-hybridized carbons (Fsp3) is 0.308. The summed E-state index contributed by atoms with van der Waals surface area (Å²) in [4.78, 5) is 38.5. The molecule has 1 fully saturated rings. The number of carbonyl (C=O) groups excluding carboxylic acids is 1. The third-order valence-corrected chi connectivity index (χ3v) is 3.37. The van der Waals surface area contributed by atoms with Crippen LogP contribution in [0.25, 0.3) is 10.4 Å². The quantitative estimate of drug-likeness (QED) is 0.483. The van der Waals surface area contributed by atoms with Gasteiger partial charge in [-0.05, 0) is 23.6 Å². The lowest BCUT2D eigenvalue weighted by molar-refractivity contribution is -0.117. The number of carbonyl (C=O) groups is 3. The number of anilines is 1. The van der Waals surface area contributed by atoms with Crippen LogP contribution >= 0.6 is 0 Å². The first-order valence-electron chi connectivity index (χ1n) is 6.36. The molecule has 0 bridgehead atoms. The predicted octanol–water partition coefficient (Wildman–Crippen LogP) is 1.75. The van der Waals surface area contributed by atoms with Gasteiger partial charge in [0.05, 0.1) is 16.8 Å². The number of hydrogen-bond acceptors (Lipinski definition) is 4. The summed E-state index contributed by atoms with van der Waals surface area (Å²) in [5.41, 5.74) is 7.68. The number of para-hydroxylation sites is 1. The van der Waals surface area contributed by atoms with Gasteiger partial charge in [-0.25, -0.2) is 9.59 Å². The molecule has 1 aliphatic rings. The largest absolute Gasteiger partial charge is 0.478 e. The Kier molecular flexibility index (Phi) is 4.28. The summed E-state index contributed by atoms with van der Waals surface area (Å²) < 4.78 is 0. The first-order valence-corrected chi connectivity index (χ1v) is 6.36. The lowest BCUT2D eigenvalue weighted by Gasteiger charge is -2.21. The van der Waals surface area contributed by atoms with Crippen molar-refractivity contribution in [2.24, 2.45) is 11.0 Å². The normalized spacial score (nSPS) is 17.2. The molecule has 114 valence electrons. The molecule has 0 radical (unpaired) electrons. The van der Waals surface area contributed by atoms with E-state index in [4.69, 9.17) is 5.53 Å². The zero-order chi connectivity index (χ0) is 16.3. The fourth-order valence-electron chi connectivity index (χ4n) is 2.45. The molecule has 2 rings (SSSR count). The number of carboxylic acid groups (broad SMARTS) is 2. The molecule has 9 nitrogen and oxygen atoms in total. The molecule has 1 unspecified atom stereocenters. The summed E-state index contributed by atoms with van der Waals surface area (Å²) >= 11 is 0. The highest BCUT2D eigenvalue weighted by molar-refractivity contribution is 6.09. The molecule has 0 aromatic heterocycles. The third-order valence-electron chi connectivity index (χ3n) is 3.37. The molecule has 1 aromatic rings. The van der Waals surface area contributed by atoms with Crippen LogP contribution in [0.2, 0.25) is 0 Å². The number of benzene rings is 1. The number of azide groups is 1. The van der Waals surface area contributed by atoms with Gasteiger partial charge in [-0.2, -0.15) is 0 Å². The highest BCUT2D eigenvalue weighted by Gasteiger charge is 2.34. The van der Waals surface area contributed by atoms with Crippen LogP contribution in [-0.2, 0) is 4.79 Å². The molecule has 1 amide bonds. The lowest BCUT2D eigenvalue weighted by Crippen LogP contribution is -2.29. The van der Waals surface area contributed by atoms with E-state index in [2.05, 4.69) is 10.0 Å². The van der Waals surface area contributed by atoms with Gasteiger partial charge < -0.3 is 15.1 Å². The number of aromatic carboxylic acids is 2. The monoisotopic (exact) mass is 304 g/mol. The smallest absolute Gasteiger partial charge is 0.337 e. The van der Waals surface area contributed by atoms with E-state index < -0.39 is 17.8 Å². The van der Waals surface area contributed by atoms with E-state index in [1.807, 2.05) is 0 Å². The molecule has 22 heavy (non-hydrogen) atoms. The van der Waals surface area contributed by atoms with E-state index in [1.54, 1.807) is 0 Å². The minimum atomic E-state index is -1.32. The van der Waals surface area contributed by atoms with Crippen molar-refractivity contribution < 1.29 is 24.6 Å². The fourth-order valence-corrected chi connectivity index (χ4v) is 2.45. The zero-order valence-corrected chi connectivity index (χ0v) is 11.3. The van der Waals surface area contributed by atoms with Gasteiger partial charge in [0.15, 0.2) is 0 Å². The van der Waals surface area contributed by atoms with Gasteiger partial charge in [-0.15, -0.1) is 0 Å². The Bertz CT molecular complexity index is 663. The first-order chi connectivity index (χ1) is 10.5. The molecule has 1 aliphatic heterocycles. The SMILES string of the molecule is [N-]=[N+]=NCC1CC(=O)N(c2c(C(=O)O)cccc2C(=O)O)C1. The Morgan fingerprint density at radius 2 is 1.91 bits per heavy atom. The molecule has 0 aliphatic carbocycles. The van der Waals surface area contributed by atoms with Gasteiger partial charge in [-0.3, -0.25) is 4.79 Å². The van der Waals surface area contributed by atoms with E-state index >= 15 is 0 Å². The van der Waals surface area contributed by atoms with E-state index in [0.717, 1.165) is 4.90 Å². The Morgan fingerprint density at radius 3 is 2.41 bits per heavy atom. The van der Waals surface area contributed by atoms with E-state index in [-0.39, 0.29) is 42.2 Å². The van der Waals surface area contributed by atoms with Crippen LogP contribution < -0.4 is 4.90 Å². The molecule has 9 heteroatoms. The summed E-state index contributed by atoms with van der Waals surface area (Å²) in [5.74, 6) is -3.30. The van der Waals surface area contributed by atoms with E-state index in [0.29, 0.717) is 0 Å². The minimum absolute atomic E-state index is 0.0754. The van der Waals surface area contributed by atoms with Crippen LogP contribution in [0.15, 0.2) is 23.3 Å². The van der Waals surface area contributed by atoms with Gasteiger partial charge in [0.25, 0.3) is 0 Å². The Hall–Kier alpha value is -3.06. The summed E-state index contributed by atoms with van der Waals surface area (Å²) in [5, 5.41) is 21.9. The maximum Gasteiger partial charge on any atom is 0.337 e. The second kappa shape index (κ2) is 6.15. The predicted molar refractivity (Wildman–Crippen MR) is 74.8 cm³/mol. The molecule has 1 aromatic carbocycles. The van der Waals surface area contributed by atoms with Crippen molar-refractivity contribution in [1.29, 1.82) is 0 Å². The van der Waals surface area contributed by atoms with Crippen molar-refractivity contribution in [2.75, 3.05) is 18.0 Å². The van der Waals surface area contributed by atoms with Gasteiger partial charge in [0.2, 0.25) is 5.91 Å². The van der Waals surface area contributed by atoms with Crippen molar-refractivity contribution >= 4 is 23.5 Å². The van der Waals surface area contributed by atoms with Crippen molar-refractivity contribution in [1.82, 2.24) is 0 Å². The zero-order valence-electron chi connectivity index (χ0n) is 11.3. The topological polar surface area (TPSA) is 144 Å². The average molecular weight is 304 g/mol. The van der Waals surface area contributed by atoms with Crippen LogP contribution in [0.5, 0.6) is 0 Å². The van der Waals surface area contributed by atoms with Crippen LogP contribution in [0.1, 0.15) is 27.1 Å². The third kappa shape index (κ3) is 2.84. The molecular formula is C13H12N4O5. The summed E-state index contributed by atoms with van der Waals surface area (Å²) in [7, 11) is 0. The summed E-state index contributed by atoms with van der Waals surface area (Å²) in [6, 6.07) is 3.81. The van der Waals surface area contributed by atoms with Crippen LogP contribution in [0, 0.1) is 5.92 Å². The van der Waals surface area contributed by atoms with Crippen molar-refractivity contribution in [3.05, 3.63) is 39.8 Å². The summed E-state index contributed by atoms with van der Waals surface area (Å²) in [6.45, 7) is 0.207. The summed E-state index contributed by atoms with van der Waals surface area (Å²) in [6.07, 6.45) is 0.0754. The van der Waals surface area contributed by atoms with Gasteiger partial charge >= 0.3 is 11.9 Å². The van der Waals surface area contributed by atoms with Crippen LogP contribution in [-0.4, -0.2) is 41.1 Å². The van der Waals surface area contributed by atoms with Crippen LogP contribution in [0.3, 0.4) is 0 Å². The molecular weight excluding hydrogens is 292 g/mol. The second-order valence-electron chi connectivity index (χ2n) is 4.80.